The molecule has 2 aromatic carbocycles. The number of benzene rings is 2. The van der Waals surface area contributed by atoms with Crippen molar-refractivity contribution in [3.8, 4) is 11.3 Å². The number of rotatable bonds is 6. The number of ether oxygens (including phenoxy) is 1. The van der Waals surface area contributed by atoms with Gasteiger partial charge in [0, 0.05) is 21.9 Å². The van der Waals surface area contributed by atoms with Gasteiger partial charge in [-0.15, -0.1) is 0 Å². The average molecular weight is 464 g/mol. The molecule has 0 saturated heterocycles. The number of nitrogens with zero attached hydrogens (tertiary/aromatic N) is 2. The SMILES string of the molecule is CCOC(=O)C(Nc1ccc(C)cc1)c1c(-c2ccccc2)nc2ccc(Br)cn12. The molecule has 0 amide bonds. The van der Waals surface area contributed by atoms with E-state index < -0.39 is 6.04 Å². The minimum Gasteiger partial charge on any atom is -0.464 e. The Kier molecular flexibility index (Phi) is 5.86. The number of fused-ring (bicyclic) bond motifs is 1. The van der Waals surface area contributed by atoms with Gasteiger partial charge in [0.2, 0.25) is 0 Å². The van der Waals surface area contributed by atoms with Crippen LogP contribution in [-0.2, 0) is 9.53 Å². The standard InChI is InChI=1S/C24H22BrN3O2/c1-3-30-24(29)22(26-19-12-9-16(2)10-13-19)23-21(17-7-5-4-6-8-17)27-20-14-11-18(25)15-28(20)23/h4-15,22,26H,3H2,1-2H3. The van der Waals surface area contributed by atoms with Gasteiger partial charge in [0.15, 0.2) is 6.04 Å². The van der Waals surface area contributed by atoms with Crippen molar-refractivity contribution in [1.82, 2.24) is 9.38 Å². The molecule has 0 fully saturated rings. The van der Waals surface area contributed by atoms with E-state index in [4.69, 9.17) is 9.72 Å². The van der Waals surface area contributed by atoms with Crippen LogP contribution < -0.4 is 5.32 Å². The van der Waals surface area contributed by atoms with Gasteiger partial charge in [-0.1, -0.05) is 48.0 Å². The van der Waals surface area contributed by atoms with E-state index >= 15 is 0 Å². The van der Waals surface area contributed by atoms with Gasteiger partial charge in [0.05, 0.1) is 18.0 Å². The highest BCUT2D eigenvalue weighted by atomic mass is 79.9. The molecule has 2 aromatic heterocycles. The lowest BCUT2D eigenvalue weighted by atomic mass is 10.0. The molecule has 1 N–H and O–H groups in total. The van der Waals surface area contributed by atoms with Crippen LogP contribution in [0.15, 0.2) is 77.4 Å². The summed E-state index contributed by atoms with van der Waals surface area (Å²) < 4.78 is 8.27. The summed E-state index contributed by atoms with van der Waals surface area (Å²) in [6, 6.07) is 20.9. The molecule has 0 bridgehead atoms. The topological polar surface area (TPSA) is 55.6 Å². The molecule has 2 heterocycles. The molecule has 4 aromatic rings. The van der Waals surface area contributed by atoms with Crippen LogP contribution in [0.5, 0.6) is 0 Å². The number of carbonyl (C=O) groups excluding carboxylic acids is 1. The second-order valence-corrected chi connectivity index (χ2v) is 7.90. The van der Waals surface area contributed by atoms with Crippen molar-refractivity contribution < 1.29 is 9.53 Å². The third-order valence-corrected chi connectivity index (χ3v) is 5.29. The van der Waals surface area contributed by atoms with Crippen molar-refractivity contribution in [2.45, 2.75) is 19.9 Å². The van der Waals surface area contributed by atoms with Crippen LogP contribution in [0.25, 0.3) is 16.9 Å². The molecule has 4 rings (SSSR count). The average Bonchev–Trinajstić information content (AvgIpc) is 3.12. The maximum Gasteiger partial charge on any atom is 0.334 e. The van der Waals surface area contributed by atoms with Crippen molar-refractivity contribution in [1.29, 1.82) is 0 Å². The number of imidazole rings is 1. The minimum absolute atomic E-state index is 0.298. The summed E-state index contributed by atoms with van der Waals surface area (Å²) in [5.74, 6) is -0.350. The summed E-state index contributed by atoms with van der Waals surface area (Å²) in [7, 11) is 0. The van der Waals surface area contributed by atoms with E-state index in [2.05, 4.69) is 21.2 Å². The second kappa shape index (κ2) is 8.71. The molecule has 1 atom stereocenters. The van der Waals surface area contributed by atoms with Gasteiger partial charge in [-0.25, -0.2) is 9.78 Å². The molecule has 0 spiro atoms. The zero-order valence-corrected chi connectivity index (χ0v) is 18.4. The van der Waals surface area contributed by atoms with E-state index in [1.54, 1.807) is 0 Å². The van der Waals surface area contributed by atoms with Crippen LogP contribution >= 0.6 is 15.9 Å². The van der Waals surface area contributed by atoms with E-state index in [0.717, 1.165) is 38.3 Å². The lowest BCUT2D eigenvalue weighted by Gasteiger charge is -2.20. The molecule has 152 valence electrons. The third kappa shape index (κ3) is 4.09. The first-order valence-corrected chi connectivity index (χ1v) is 10.6. The number of esters is 1. The van der Waals surface area contributed by atoms with Crippen LogP contribution in [0.2, 0.25) is 0 Å². The molecule has 0 radical (unpaired) electrons. The molecule has 1 unspecified atom stereocenters. The maximum absolute atomic E-state index is 13.1. The minimum atomic E-state index is -0.729. The van der Waals surface area contributed by atoms with Crippen molar-refractivity contribution in [2.75, 3.05) is 11.9 Å². The molecular weight excluding hydrogens is 442 g/mol. The summed E-state index contributed by atoms with van der Waals surface area (Å²) in [5.41, 5.74) is 5.15. The predicted octanol–water partition coefficient (Wildman–Crippen LogP) is 5.79. The van der Waals surface area contributed by atoms with Crippen LogP contribution in [0.3, 0.4) is 0 Å². The van der Waals surface area contributed by atoms with Gasteiger partial charge < -0.3 is 10.1 Å². The van der Waals surface area contributed by atoms with Crippen LogP contribution in [0.1, 0.15) is 24.2 Å². The number of anilines is 1. The lowest BCUT2D eigenvalue weighted by molar-refractivity contribution is -0.144. The van der Waals surface area contributed by atoms with Gasteiger partial charge in [-0.2, -0.15) is 0 Å². The first-order valence-electron chi connectivity index (χ1n) is 9.79. The fraction of sp³-hybridized carbons (Fsp3) is 0.167. The first-order chi connectivity index (χ1) is 14.6. The molecular formula is C24H22BrN3O2. The Hall–Kier alpha value is -3.12. The van der Waals surface area contributed by atoms with Crippen molar-refractivity contribution in [3.05, 3.63) is 88.7 Å². The second-order valence-electron chi connectivity index (χ2n) is 6.98. The van der Waals surface area contributed by atoms with Crippen LogP contribution in [0, 0.1) is 6.92 Å². The number of hydrogen-bond acceptors (Lipinski definition) is 4. The van der Waals surface area contributed by atoms with Crippen LogP contribution in [0.4, 0.5) is 5.69 Å². The fourth-order valence-corrected chi connectivity index (χ4v) is 3.74. The first kappa shape index (κ1) is 20.2. The highest BCUT2D eigenvalue weighted by Crippen LogP contribution is 2.32. The Labute approximate surface area is 183 Å². The Balaban J connectivity index is 1.91. The Morgan fingerprint density at radius 3 is 2.53 bits per heavy atom. The summed E-state index contributed by atoms with van der Waals surface area (Å²) in [6.07, 6.45) is 1.92. The number of aromatic nitrogens is 2. The maximum atomic E-state index is 13.1. The fourth-order valence-electron chi connectivity index (χ4n) is 3.40. The highest BCUT2D eigenvalue weighted by Gasteiger charge is 2.30. The van der Waals surface area contributed by atoms with Gasteiger partial charge in [-0.3, -0.25) is 4.40 Å². The van der Waals surface area contributed by atoms with Gasteiger partial charge in [-0.05, 0) is 54.0 Å². The smallest absolute Gasteiger partial charge is 0.334 e. The van der Waals surface area contributed by atoms with Crippen molar-refractivity contribution >= 4 is 33.2 Å². The Bertz CT molecular complexity index is 1170. The number of hydrogen-bond donors (Lipinski definition) is 1. The zero-order valence-electron chi connectivity index (χ0n) is 16.8. The van der Waals surface area contributed by atoms with Gasteiger partial charge in [0.25, 0.3) is 0 Å². The quantitative estimate of drug-likeness (QED) is 0.367. The summed E-state index contributed by atoms with van der Waals surface area (Å²) in [6.45, 7) is 4.14. The summed E-state index contributed by atoms with van der Waals surface area (Å²) in [4.78, 5) is 17.9. The van der Waals surface area contributed by atoms with Crippen molar-refractivity contribution in [3.63, 3.8) is 0 Å². The Morgan fingerprint density at radius 2 is 1.83 bits per heavy atom. The zero-order chi connectivity index (χ0) is 21.1. The molecule has 6 heteroatoms. The number of pyridine rings is 1. The third-order valence-electron chi connectivity index (χ3n) is 4.82. The summed E-state index contributed by atoms with van der Waals surface area (Å²) in [5, 5.41) is 3.36. The Morgan fingerprint density at radius 1 is 1.10 bits per heavy atom. The normalized spacial score (nSPS) is 12.0. The largest absolute Gasteiger partial charge is 0.464 e. The molecule has 0 saturated carbocycles. The number of nitrogens with one attached hydrogen (secondary N) is 1. The van der Waals surface area contributed by atoms with Gasteiger partial charge >= 0.3 is 5.97 Å². The van der Waals surface area contributed by atoms with E-state index in [1.807, 2.05) is 91.2 Å². The molecule has 0 aliphatic carbocycles. The number of aryl methyl sites for hydroxylation is 1. The monoisotopic (exact) mass is 463 g/mol. The molecule has 5 nitrogen and oxygen atoms in total. The van der Waals surface area contributed by atoms with Crippen molar-refractivity contribution in [2.24, 2.45) is 0 Å². The van der Waals surface area contributed by atoms with Crippen LogP contribution in [-0.4, -0.2) is 22.0 Å². The lowest BCUT2D eigenvalue weighted by Crippen LogP contribution is -2.25. The van der Waals surface area contributed by atoms with E-state index in [0.29, 0.717) is 6.61 Å². The molecule has 30 heavy (non-hydrogen) atoms. The predicted molar refractivity (Wildman–Crippen MR) is 123 cm³/mol. The van der Waals surface area contributed by atoms with Gasteiger partial charge in [0.1, 0.15) is 5.65 Å². The molecule has 0 aliphatic rings. The number of halogens is 1. The molecule has 0 aliphatic heterocycles. The van der Waals surface area contributed by atoms with E-state index in [-0.39, 0.29) is 5.97 Å². The number of carbonyl (C=O) groups is 1. The van der Waals surface area contributed by atoms with E-state index in [9.17, 15) is 4.79 Å². The highest BCUT2D eigenvalue weighted by molar-refractivity contribution is 9.10. The summed E-state index contributed by atoms with van der Waals surface area (Å²) >= 11 is 3.54. The van der Waals surface area contributed by atoms with E-state index in [1.165, 1.54) is 0 Å².